The lowest BCUT2D eigenvalue weighted by Crippen LogP contribution is -2.27. The van der Waals surface area contributed by atoms with Gasteiger partial charge < -0.3 is 4.74 Å². The molecule has 0 amide bonds. The maximum Gasteiger partial charge on any atom is 0.361 e. The molecule has 0 saturated heterocycles. The van der Waals surface area contributed by atoms with Crippen LogP contribution in [0.4, 0.5) is 0 Å². The number of carbonyl (C=O) groups is 1. The van der Waals surface area contributed by atoms with Crippen molar-refractivity contribution in [2.24, 2.45) is 7.05 Å². The monoisotopic (exact) mass is 263 g/mol. The van der Waals surface area contributed by atoms with Gasteiger partial charge in [0.25, 0.3) is 0 Å². The summed E-state index contributed by atoms with van der Waals surface area (Å²) in [4.78, 5) is 27.6. The molecule has 0 spiro atoms. The number of rotatable bonds is 2. The molecule has 100 valence electrons. The van der Waals surface area contributed by atoms with Crippen molar-refractivity contribution in [1.29, 1.82) is 0 Å². The van der Waals surface area contributed by atoms with E-state index in [2.05, 4.69) is 15.3 Å². The molecule has 1 aliphatic carbocycles. The molecule has 0 aromatic carbocycles. The Hall–Kier alpha value is -2.25. The van der Waals surface area contributed by atoms with E-state index in [4.69, 9.17) is 4.74 Å². The number of ether oxygens (including phenoxy) is 1. The van der Waals surface area contributed by atoms with Crippen LogP contribution in [0, 0.1) is 0 Å². The number of aromatic nitrogens is 5. The van der Waals surface area contributed by atoms with Crippen LogP contribution in [-0.2, 0) is 11.8 Å². The minimum absolute atomic E-state index is 0.0390. The quantitative estimate of drug-likeness (QED) is 0.704. The highest BCUT2D eigenvalue weighted by atomic mass is 16.5. The Bertz CT molecular complexity index is 683. The summed E-state index contributed by atoms with van der Waals surface area (Å²) in [6.45, 7) is 0. The normalized spacial score (nSPS) is 16.1. The van der Waals surface area contributed by atoms with Crippen LogP contribution in [0.1, 0.15) is 36.2 Å². The van der Waals surface area contributed by atoms with E-state index in [1.165, 1.54) is 17.8 Å². The van der Waals surface area contributed by atoms with Gasteiger partial charge in [-0.05, 0) is 25.7 Å². The summed E-state index contributed by atoms with van der Waals surface area (Å²) < 4.78 is 7.59. The Morgan fingerprint density at radius 1 is 1.42 bits per heavy atom. The standard InChI is InChI=1S/C11H13N5O3/c1-15-11(18)16-6-12-8(9(16)13-14-15)10(17)19-7-4-2-3-5-7/h6-7H,2-5H2,1H3. The minimum Gasteiger partial charge on any atom is -0.458 e. The molecule has 0 radical (unpaired) electrons. The molecule has 0 aliphatic heterocycles. The van der Waals surface area contributed by atoms with Gasteiger partial charge in [0, 0.05) is 7.05 Å². The third-order valence-corrected chi connectivity index (χ3v) is 3.27. The first kappa shape index (κ1) is 11.8. The summed E-state index contributed by atoms with van der Waals surface area (Å²) in [7, 11) is 1.48. The van der Waals surface area contributed by atoms with Gasteiger partial charge in [0.05, 0.1) is 0 Å². The van der Waals surface area contributed by atoms with Crippen LogP contribution in [0.2, 0.25) is 0 Å². The van der Waals surface area contributed by atoms with Crippen LogP contribution in [0.3, 0.4) is 0 Å². The van der Waals surface area contributed by atoms with Crippen molar-refractivity contribution >= 4 is 11.6 Å². The van der Waals surface area contributed by atoms with Gasteiger partial charge in [0.1, 0.15) is 12.4 Å². The Kier molecular flexibility index (Phi) is 2.77. The lowest BCUT2D eigenvalue weighted by Gasteiger charge is -2.09. The van der Waals surface area contributed by atoms with Gasteiger partial charge in [-0.1, -0.05) is 5.21 Å². The summed E-state index contributed by atoms with van der Waals surface area (Å²) in [6.07, 6.45) is 5.11. The van der Waals surface area contributed by atoms with Crippen molar-refractivity contribution in [2.75, 3.05) is 0 Å². The lowest BCUT2D eigenvalue weighted by molar-refractivity contribution is 0.0313. The summed E-state index contributed by atoms with van der Waals surface area (Å²) in [5, 5.41) is 7.45. The number of fused-ring (bicyclic) bond motifs is 1. The molecule has 0 N–H and O–H groups in total. The summed E-state index contributed by atoms with van der Waals surface area (Å²) in [6, 6.07) is 0. The third kappa shape index (κ3) is 1.98. The second-order valence-electron chi connectivity index (χ2n) is 4.59. The van der Waals surface area contributed by atoms with E-state index in [9.17, 15) is 9.59 Å². The molecule has 0 bridgehead atoms. The molecule has 3 rings (SSSR count). The van der Waals surface area contributed by atoms with Crippen molar-refractivity contribution in [3.63, 3.8) is 0 Å². The fourth-order valence-corrected chi connectivity index (χ4v) is 2.24. The lowest BCUT2D eigenvalue weighted by atomic mass is 10.3. The zero-order valence-corrected chi connectivity index (χ0v) is 10.4. The van der Waals surface area contributed by atoms with Crippen LogP contribution < -0.4 is 5.69 Å². The molecular weight excluding hydrogens is 250 g/mol. The number of imidazole rings is 1. The fourth-order valence-electron chi connectivity index (χ4n) is 2.24. The van der Waals surface area contributed by atoms with Gasteiger partial charge >= 0.3 is 11.7 Å². The number of aryl methyl sites for hydroxylation is 1. The molecular formula is C11H13N5O3. The van der Waals surface area contributed by atoms with Gasteiger partial charge in [-0.15, -0.1) is 5.10 Å². The van der Waals surface area contributed by atoms with Crippen molar-refractivity contribution in [1.82, 2.24) is 24.4 Å². The van der Waals surface area contributed by atoms with Gasteiger partial charge in [0.2, 0.25) is 0 Å². The van der Waals surface area contributed by atoms with E-state index >= 15 is 0 Å². The molecule has 1 fully saturated rings. The van der Waals surface area contributed by atoms with Crippen LogP contribution in [-0.4, -0.2) is 36.5 Å². The molecule has 1 aliphatic rings. The average molecular weight is 263 g/mol. The van der Waals surface area contributed by atoms with E-state index < -0.39 is 11.7 Å². The Morgan fingerprint density at radius 2 is 2.16 bits per heavy atom. The Labute approximate surface area is 108 Å². The second-order valence-corrected chi connectivity index (χ2v) is 4.59. The molecule has 0 atom stereocenters. The van der Waals surface area contributed by atoms with E-state index in [1.807, 2.05) is 0 Å². The molecule has 19 heavy (non-hydrogen) atoms. The SMILES string of the molecule is Cn1nnc2c(C(=O)OC3CCCC3)ncn2c1=O. The van der Waals surface area contributed by atoms with Gasteiger partial charge in [0.15, 0.2) is 11.3 Å². The number of carbonyl (C=O) groups excluding carboxylic acids is 1. The maximum absolute atomic E-state index is 12.0. The highest BCUT2D eigenvalue weighted by Crippen LogP contribution is 2.22. The molecule has 2 aromatic rings. The predicted octanol–water partition coefficient (Wildman–Crippen LogP) is -0.0776. The van der Waals surface area contributed by atoms with Crippen molar-refractivity contribution in [3.8, 4) is 0 Å². The molecule has 8 nitrogen and oxygen atoms in total. The fraction of sp³-hybridized carbons (Fsp3) is 0.545. The first-order chi connectivity index (χ1) is 9.16. The number of hydrogen-bond donors (Lipinski definition) is 0. The van der Waals surface area contributed by atoms with Crippen molar-refractivity contribution in [2.45, 2.75) is 31.8 Å². The first-order valence-electron chi connectivity index (χ1n) is 6.15. The number of nitrogens with zero attached hydrogens (tertiary/aromatic N) is 5. The highest BCUT2D eigenvalue weighted by Gasteiger charge is 2.24. The highest BCUT2D eigenvalue weighted by molar-refractivity contribution is 5.93. The topological polar surface area (TPSA) is 91.4 Å². The Morgan fingerprint density at radius 3 is 2.89 bits per heavy atom. The van der Waals surface area contributed by atoms with E-state index in [1.54, 1.807) is 0 Å². The van der Waals surface area contributed by atoms with Crippen LogP contribution in [0.25, 0.3) is 5.65 Å². The van der Waals surface area contributed by atoms with Crippen LogP contribution in [0.15, 0.2) is 11.1 Å². The third-order valence-electron chi connectivity index (χ3n) is 3.27. The van der Waals surface area contributed by atoms with Crippen molar-refractivity contribution in [3.05, 3.63) is 22.5 Å². The van der Waals surface area contributed by atoms with Crippen LogP contribution >= 0.6 is 0 Å². The van der Waals surface area contributed by atoms with Crippen molar-refractivity contribution < 1.29 is 9.53 Å². The predicted molar refractivity (Wildman–Crippen MR) is 63.7 cm³/mol. The summed E-state index contributed by atoms with van der Waals surface area (Å²) >= 11 is 0. The van der Waals surface area contributed by atoms with Crippen LogP contribution in [0.5, 0.6) is 0 Å². The number of hydrogen-bond acceptors (Lipinski definition) is 6. The zero-order chi connectivity index (χ0) is 13.4. The first-order valence-corrected chi connectivity index (χ1v) is 6.15. The molecule has 8 heteroatoms. The molecule has 1 saturated carbocycles. The maximum atomic E-state index is 12.0. The largest absolute Gasteiger partial charge is 0.458 e. The molecule has 2 heterocycles. The van der Waals surface area contributed by atoms with Gasteiger partial charge in [-0.25, -0.2) is 19.0 Å². The average Bonchev–Trinajstić information content (AvgIpc) is 3.02. The molecule has 0 unspecified atom stereocenters. The number of esters is 1. The smallest absolute Gasteiger partial charge is 0.361 e. The minimum atomic E-state index is -0.544. The van der Waals surface area contributed by atoms with E-state index in [0.29, 0.717) is 0 Å². The molecule has 2 aromatic heterocycles. The zero-order valence-electron chi connectivity index (χ0n) is 10.4. The summed E-state index contributed by atoms with van der Waals surface area (Å²) in [5.41, 5.74) is -0.236. The van der Waals surface area contributed by atoms with Gasteiger partial charge in [-0.2, -0.15) is 4.68 Å². The van der Waals surface area contributed by atoms with E-state index in [0.717, 1.165) is 30.4 Å². The summed E-state index contributed by atoms with van der Waals surface area (Å²) in [5.74, 6) is -0.544. The Balaban J connectivity index is 1.94. The van der Waals surface area contributed by atoms with E-state index in [-0.39, 0.29) is 17.4 Å². The second kappa shape index (κ2) is 4.45. The van der Waals surface area contributed by atoms with Gasteiger partial charge in [-0.3, -0.25) is 0 Å².